The van der Waals surface area contributed by atoms with Gasteiger partial charge in [0.1, 0.15) is 0 Å². The van der Waals surface area contributed by atoms with Gasteiger partial charge in [-0.15, -0.1) is 0 Å². The van der Waals surface area contributed by atoms with Gasteiger partial charge >= 0.3 is 5.97 Å². The van der Waals surface area contributed by atoms with Crippen LogP contribution >= 0.6 is 0 Å². The number of carbonyl (C=O) groups excluding carboxylic acids is 2. The third-order valence-electron chi connectivity index (χ3n) is 4.50. The summed E-state index contributed by atoms with van der Waals surface area (Å²) in [5, 5.41) is 11.9. The Morgan fingerprint density at radius 3 is 2.50 bits per heavy atom. The maximum absolute atomic E-state index is 12.6. The lowest BCUT2D eigenvalue weighted by molar-refractivity contribution is -0.137. The molecule has 2 aromatic carbocycles. The number of nitrogens with one attached hydrogen (secondary N) is 1. The average molecular weight is 352 g/mol. The molecule has 6 heteroatoms. The summed E-state index contributed by atoms with van der Waals surface area (Å²) in [5.74, 6) is -1.68. The van der Waals surface area contributed by atoms with Crippen molar-refractivity contribution >= 4 is 23.5 Å². The molecule has 0 bridgehead atoms. The van der Waals surface area contributed by atoms with Crippen molar-refractivity contribution in [3.8, 4) is 0 Å². The van der Waals surface area contributed by atoms with Crippen LogP contribution in [0.4, 0.5) is 5.69 Å². The number of aromatic carboxylic acids is 1. The van der Waals surface area contributed by atoms with Crippen molar-refractivity contribution in [3.63, 3.8) is 0 Å². The van der Waals surface area contributed by atoms with E-state index in [1.807, 2.05) is 30.3 Å². The second-order valence-electron chi connectivity index (χ2n) is 6.34. The summed E-state index contributed by atoms with van der Waals surface area (Å²) in [7, 11) is 0. The minimum atomic E-state index is -1.09. The van der Waals surface area contributed by atoms with Gasteiger partial charge in [-0.05, 0) is 24.1 Å². The highest BCUT2D eigenvalue weighted by Gasteiger charge is 2.30. The Hall–Kier alpha value is -3.15. The number of benzene rings is 2. The second kappa shape index (κ2) is 7.82. The molecule has 1 aliphatic heterocycles. The Morgan fingerprint density at radius 1 is 1.08 bits per heavy atom. The van der Waals surface area contributed by atoms with E-state index in [4.69, 9.17) is 0 Å². The lowest BCUT2D eigenvalue weighted by Crippen LogP contribution is -2.43. The van der Waals surface area contributed by atoms with Crippen molar-refractivity contribution in [2.75, 3.05) is 11.9 Å². The van der Waals surface area contributed by atoms with Crippen LogP contribution in [-0.4, -0.2) is 34.3 Å². The summed E-state index contributed by atoms with van der Waals surface area (Å²) in [6.45, 7) is 0.796. The topological polar surface area (TPSA) is 86.7 Å². The third-order valence-corrected chi connectivity index (χ3v) is 4.50. The predicted octanol–water partition coefficient (Wildman–Crippen LogP) is 2.76. The Balaban J connectivity index is 1.68. The minimum absolute atomic E-state index is 0.0313. The van der Waals surface area contributed by atoms with Crippen molar-refractivity contribution in [2.45, 2.75) is 19.4 Å². The van der Waals surface area contributed by atoms with E-state index >= 15 is 0 Å². The van der Waals surface area contributed by atoms with Gasteiger partial charge in [0, 0.05) is 19.5 Å². The molecule has 1 fully saturated rings. The van der Waals surface area contributed by atoms with E-state index in [0.29, 0.717) is 25.9 Å². The Labute approximate surface area is 151 Å². The van der Waals surface area contributed by atoms with Crippen molar-refractivity contribution in [1.82, 2.24) is 4.90 Å². The lowest BCUT2D eigenvalue weighted by Gasteiger charge is -2.32. The van der Waals surface area contributed by atoms with Gasteiger partial charge in [0.05, 0.1) is 17.2 Å². The van der Waals surface area contributed by atoms with E-state index in [2.05, 4.69) is 5.32 Å². The first-order chi connectivity index (χ1) is 12.5. The maximum Gasteiger partial charge on any atom is 0.337 e. The largest absolute Gasteiger partial charge is 0.478 e. The molecule has 1 unspecified atom stereocenters. The van der Waals surface area contributed by atoms with E-state index in [1.54, 1.807) is 23.1 Å². The van der Waals surface area contributed by atoms with Crippen LogP contribution in [0.25, 0.3) is 0 Å². The first-order valence-corrected chi connectivity index (χ1v) is 8.49. The van der Waals surface area contributed by atoms with E-state index in [0.717, 1.165) is 5.56 Å². The van der Waals surface area contributed by atoms with Gasteiger partial charge in [0.25, 0.3) is 0 Å². The molecular weight excluding hydrogens is 332 g/mol. The number of carbonyl (C=O) groups is 3. The Morgan fingerprint density at radius 2 is 1.77 bits per heavy atom. The number of piperidine rings is 1. The number of rotatable bonds is 5. The number of nitrogens with zero attached hydrogens (tertiary/aromatic N) is 1. The molecule has 26 heavy (non-hydrogen) atoms. The van der Waals surface area contributed by atoms with Crippen molar-refractivity contribution in [2.24, 2.45) is 5.92 Å². The molecule has 1 saturated heterocycles. The van der Waals surface area contributed by atoms with Crippen molar-refractivity contribution in [3.05, 3.63) is 65.7 Å². The first kappa shape index (κ1) is 17.7. The Kier molecular flexibility index (Phi) is 5.31. The molecule has 0 radical (unpaired) electrons. The van der Waals surface area contributed by atoms with E-state index in [-0.39, 0.29) is 29.0 Å². The number of amides is 2. The first-order valence-electron chi connectivity index (χ1n) is 8.49. The van der Waals surface area contributed by atoms with Crippen LogP contribution in [0.3, 0.4) is 0 Å². The molecular formula is C20H20N2O4. The number of hydrogen-bond donors (Lipinski definition) is 2. The smallest absolute Gasteiger partial charge is 0.337 e. The molecule has 3 rings (SSSR count). The molecule has 2 aromatic rings. The number of likely N-dealkylation sites (tertiary alicyclic amines) is 1. The molecule has 1 atom stereocenters. The highest BCUT2D eigenvalue weighted by atomic mass is 16.4. The SMILES string of the molecule is O=C(O)c1ccccc1NC(=O)C1CCC(=O)N(Cc2ccccc2)C1. The van der Waals surface area contributed by atoms with Gasteiger partial charge in [0.15, 0.2) is 0 Å². The fourth-order valence-corrected chi connectivity index (χ4v) is 3.10. The zero-order valence-electron chi connectivity index (χ0n) is 14.2. The highest BCUT2D eigenvalue weighted by Crippen LogP contribution is 2.23. The third kappa shape index (κ3) is 4.08. The Bertz CT molecular complexity index is 820. The second-order valence-corrected chi connectivity index (χ2v) is 6.34. The van der Waals surface area contributed by atoms with Crippen molar-refractivity contribution in [1.29, 1.82) is 0 Å². The van der Waals surface area contributed by atoms with Crippen LogP contribution in [0, 0.1) is 5.92 Å². The summed E-state index contributed by atoms with van der Waals surface area (Å²) < 4.78 is 0. The standard InChI is InChI=1S/C20H20N2O4/c23-18-11-10-15(13-22(18)12-14-6-2-1-3-7-14)19(24)21-17-9-5-4-8-16(17)20(25)26/h1-9,15H,10-13H2,(H,21,24)(H,25,26). The van der Waals surface area contributed by atoms with Gasteiger partial charge in [-0.2, -0.15) is 0 Å². The number of carboxylic acid groups (broad SMARTS) is 1. The molecule has 1 heterocycles. The van der Waals surface area contributed by atoms with E-state index in [9.17, 15) is 19.5 Å². The molecule has 134 valence electrons. The summed E-state index contributed by atoms with van der Waals surface area (Å²) in [5.41, 5.74) is 1.34. The highest BCUT2D eigenvalue weighted by molar-refractivity contribution is 6.01. The number of hydrogen-bond acceptors (Lipinski definition) is 3. The normalized spacial score (nSPS) is 17.0. The summed E-state index contributed by atoms with van der Waals surface area (Å²) >= 11 is 0. The molecule has 0 aromatic heterocycles. The zero-order chi connectivity index (χ0) is 18.5. The molecule has 6 nitrogen and oxygen atoms in total. The molecule has 2 N–H and O–H groups in total. The van der Waals surface area contributed by atoms with Gasteiger partial charge < -0.3 is 15.3 Å². The quantitative estimate of drug-likeness (QED) is 0.866. The number of carboxylic acids is 1. The van der Waals surface area contributed by atoms with Crippen LogP contribution in [0.2, 0.25) is 0 Å². The van der Waals surface area contributed by atoms with Crippen LogP contribution in [0.5, 0.6) is 0 Å². The van der Waals surface area contributed by atoms with Crippen LogP contribution in [-0.2, 0) is 16.1 Å². The molecule has 0 spiro atoms. The predicted molar refractivity (Wildman–Crippen MR) is 96.6 cm³/mol. The maximum atomic E-state index is 12.6. The molecule has 2 amide bonds. The monoisotopic (exact) mass is 352 g/mol. The average Bonchev–Trinajstić information content (AvgIpc) is 2.64. The summed E-state index contributed by atoms with van der Waals surface area (Å²) in [4.78, 5) is 37.8. The van der Waals surface area contributed by atoms with E-state index < -0.39 is 5.97 Å². The summed E-state index contributed by atoms with van der Waals surface area (Å²) in [6.07, 6.45) is 0.774. The van der Waals surface area contributed by atoms with Crippen LogP contribution < -0.4 is 5.32 Å². The summed E-state index contributed by atoms with van der Waals surface area (Å²) in [6, 6.07) is 15.9. The van der Waals surface area contributed by atoms with Crippen LogP contribution in [0.1, 0.15) is 28.8 Å². The van der Waals surface area contributed by atoms with Crippen LogP contribution in [0.15, 0.2) is 54.6 Å². The van der Waals surface area contributed by atoms with Gasteiger partial charge in [-0.3, -0.25) is 9.59 Å². The number of para-hydroxylation sites is 1. The fraction of sp³-hybridized carbons (Fsp3) is 0.250. The van der Waals surface area contributed by atoms with Gasteiger partial charge in [-0.25, -0.2) is 4.79 Å². The zero-order valence-corrected chi connectivity index (χ0v) is 14.2. The lowest BCUT2D eigenvalue weighted by atomic mass is 9.95. The number of anilines is 1. The minimum Gasteiger partial charge on any atom is -0.478 e. The molecule has 1 aliphatic rings. The fourth-order valence-electron chi connectivity index (χ4n) is 3.10. The molecule has 0 saturated carbocycles. The van der Waals surface area contributed by atoms with Gasteiger partial charge in [0.2, 0.25) is 11.8 Å². The van der Waals surface area contributed by atoms with Crippen molar-refractivity contribution < 1.29 is 19.5 Å². The van der Waals surface area contributed by atoms with Gasteiger partial charge in [-0.1, -0.05) is 42.5 Å². The molecule has 0 aliphatic carbocycles. The van der Waals surface area contributed by atoms with E-state index in [1.165, 1.54) is 6.07 Å².